The van der Waals surface area contributed by atoms with E-state index in [1.165, 1.54) is 17.9 Å². The molecule has 0 saturated carbocycles. The molecule has 122 valence electrons. The molecule has 0 fully saturated rings. The lowest BCUT2D eigenvalue weighted by Crippen LogP contribution is -2.34. The molecule has 1 unspecified atom stereocenters. The number of nitrogens with zero attached hydrogens (tertiary/aromatic N) is 2. The third-order valence-corrected chi connectivity index (χ3v) is 3.72. The highest BCUT2D eigenvalue weighted by atomic mass is 16.5. The average Bonchev–Trinajstić information content (AvgIpc) is 2.91. The van der Waals surface area contributed by atoms with Crippen molar-refractivity contribution in [1.82, 2.24) is 4.57 Å². The summed E-state index contributed by atoms with van der Waals surface area (Å²) in [6.07, 6.45) is 0.860. The zero-order valence-corrected chi connectivity index (χ0v) is 13.0. The summed E-state index contributed by atoms with van der Waals surface area (Å²) in [5, 5.41) is 11.9. The minimum absolute atomic E-state index is 0.0379. The maximum Gasteiger partial charge on any atom is 0.357 e. The van der Waals surface area contributed by atoms with E-state index in [0.29, 0.717) is 17.1 Å². The van der Waals surface area contributed by atoms with E-state index in [-0.39, 0.29) is 22.9 Å². The van der Waals surface area contributed by atoms with Crippen molar-refractivity contribution < 1.29 is 19.1 Å². The molecular formula is C16H14N4O4. The number of carbonyl (C=O) groups is 2. The highest BCUT2D eigenvalue weighted by Gasteiger charge is 2.26. The molecule has 8 nitrogen and oxygen atoms in total. The van der Waals surface area contributed by atoms with Crippen LogP contribution in [0, 0.1) is 11.3 Å². The highest BCUT2D eigenvalue weighted by Crippen LogP contribution is 2.33. The molecule has 24 heavy (non-hydrogen) atoms. The number of methoxy groups -OCH3 is 1. The molecular weight excluding hydrogens is 312 g/mol. The fraction of sp³-hybridized carbons (Fsp3) is 0.188. The Bertz CT molecular complexity index is 894. The first-order chi connectivity index (χ1) is 11.5. The average molecular weight is 326 g/mol. The smallest absolute Gasteiger partial charge is 0.357 e. The van der Waals surface area contributed by atoms with Gasteiger partial charge < -0.3 is 25.1 Å². The van der Waals surface area contributed by atoms with Gasteiger partial charge in [0.2, 0.25) is 0 Å². The predicted octanol–water partition coefficient (Wildman–Crippen LogP) is 1.44. The van der Waals surface area contributed by atoms with Crippen LogP contribution in [0.1, 0.15) is 23.0 Å². The lowest BCUT2D eigenvalue weighted by molar-refractivity contribution is -0.122. The highest BCUT2D eigenvalue weighted by molar-refractivity contribution is 5.98. The Kier molecular flexibility index (Phi) is 3.62. The second-order valence-corrected chi connectivity index (χ2v) is 5.21. The molecule has 0 bridgehead atoms. The van der Waals surface area contributed by atoms with Crippen molar-refractivity contribution >= 4 is 23.3 Å². The van der Waals surface area contributed by atoms with Crippen LogP contribution < -0.4 is 15.8 Å². The molecule has 3 N–H and O–H groups in total. The van der Waals surface area contributed by atoms with Gasteiger partial charge in [0.1, 0.15) is 11.8 Å². The fourth-order valence-corrected chi connectivity index (χ4v) is 2.46. The Hall–Kier alpha value is -3.47. The number of carbonyl (C=O) groups excluding carboxylic acids is 2. The molecule has 2 aromatic rings. The Morgan fingerprint density at radius 1 is 1.50 bits per heavy atom. The zero-order chi connectivity index (χ0) is 17.4. The van der Waals surface area contributed by atoms with E-state index in [1.54, 1.807) is 25.1 Å². The van der Waals surface area contributed by atoms with Crippen LogP contribution in [0.25, 0.3) is 5.69 Å². The van der Waals surface area contributed by atoms with Crippen molar-refractivity contribution in [2.24, 2.45) is 0 Å². The molecule has 0 spiro atoms. The number of benzene rings is 1. The normalized spacial score (nSPS) is 15.7. The number of nitriles is 1. The van der Waals surface area contributed by atoms with Gasteiger partial charge >= 0.3 is 5.97 Å². The van der Waals surface area contributed by atoms with Gasteiger partial charge in [-0.3, -0.25) is 4.79 Å². The molecule has 0 aliphatic carbocycles. The molecule has 1 aromatic carbocycles. The summed E-state index contributed by atoms with van der Waals surface area (Å²) in [6.45, 7) is 1.65. The first-order valence-corrected chi connectivity index (χ1v) is 7.07. The second-order valence-electron chi connectivity index (χ2n) is 5.21. The van der Waals surface area contributed by atoms with Crippen molar-refractivity contribution in [2.45, 2.75) is 13.0 Å². The van der Waals surface area contributed by atoms with Gasteiger partial charge in [0.25, 0.3) is 5.91 Å². The minimum Gasteiger partial charge on any atom is -0.479 e. The molecule has 0 saturated heterocycles. The zero-order valence-electron chi connectivity index (χ0n) is 13.0. The lowest BCUT2D eigenvalue weighted by Gasteiger charge is -2.24. The van der Waals surface area contributed by atoms with Crippen molar-refractivity contribution in [3.63, 3.8) is 0 Å². The van der Waals surface area contributed by atoms with Gasteiger partial charge in [0.05, 0.1) is 24.0 Å². The van der Waals surface area contributed by atoms with Crippen LogP contribution in [0.15, 0.2) is 24.4 Å². The summed E-state index contributed by atoms with van der Waals surface area (Å²) >= 11 is 0. The number of rotatable bonds is 2. The van der Waals surface area contributed by atoms with E-state index in [1.807, 2.05) is 6.07 Å². The molecule has 8 heteroatoms. The maximum absolute atomic E-state index is 12.0. The number of aromatic nitrogens is 1. The van der Waals surface area contributed by atoms with Crippen LogP contribution in [0.3, 0.4) is 0 Å². The molecule has 1 atom stereocenters. The Morgan fingerprint density at radius 2 is 2.25 bits per heavy atom. The molecule has 2 heterocycles. The monoisotopic (exact) mass is 326 g/mol. The van der Waals surface area contributed by atoms with Crippen LogP contribution in [0.2, 0.25) is 0 Å². The van der Waals surface area contributed by atoms with Gasteiger partial charge in [-0.05, 0) is 25.1 Å². The lowest BCUT2D eigenvalue weighted by atomic mass is 10.2. The number of nitrogen functional groups attached to an aromatic ring is 1. The third-order valence-electron chi connectivity index (χ3n) is 3.72. The summed E-state index contributed by atoms with van der Waals surface area (Å²) in [6, 6.07) is 6.92. The Morgan fingerprint density at radius 3 is 2.92 bits per heavy atom. The predicted molar refractivity (Wildman–Crippen MR) is 85.0 cm³/mol. The first-order valence-electron chi connectivity index (χ1n) is 7.07. The molecule has 3 rings (SSSR count). The van der Waals surface area contributed by atoms with Crippen LogP contribution in [0.4, 0.5) is 11.4 Å². The number of hydrogen-bond acceptors (Lipinski definition) is 6. The van der Waals surface area contributed by atoms with E-state index >= 15 is 0 Å². The van der Waals surface area contributed by atoms with Crippen molar-refractivity contribution in [3.05, 3.63) is 35.7 Å². The van der Waals surface area contributed by atoms with E-state index in [2.05, 4.69) is 5.32 Å². The van der Waals surface area contributed by atoms with Crippen molar-refractivity contribution in [3.8, 4) is 17.5 Å². The molecule has 0 radical (unpaired) electrons. The van der Waals surface area contributed by atoms with Gasteiger partial charge in [-0.2, -0.15) is 5.26 Å². The van der Waals surface area contributed by atoms with Gasteiger partial charge in [0.15, 0.2) is 11.8 Å². The third kappa shape index (κ3) is 2.32. The summed E-state index contributed by atoms with van der Waals surface area (Å²) in [7, 11) is 1.23. The van der Waals surface area contributed by atoms with Gasteiger partial charge in [-0.25, -0.2) is 4.79 Å². The number of nitrogens with two attached hydrogens (primary N) is 1. The van der Waals surface area contributed by atoms with Gasteiger partial charge in [-0.1, -0.05) is 0 Å². The summed E-state index contributed by atoms with van der Waals surface area (Å²) < 4.78 is 11.7. The number of fused-ring (bicyclic) bond motifs is 1. The van der Waals surface area contributed by atoms with Crippen LogP contribution in [0.5, 0.6) is 5.75 Å². The summed E-state index contributed by atoms with van der Waals surface area (Å²) in [5.74, 6) is -0.413. The SMILES string of the molecule is COC(=O)c1c(N)c(C#N)cn1-c1ccc2c(c1)NC(=O)C(C)O2. The fourth-order valence-electron chi connectivity index (χ4n) is 2.46. The second kappa shape index (κ2) is 5.62. The molecule has 1 aromatic heterocycles. The van der Waals surface area contributed by atoms with Gasteiger partial charge in [0, 0.05) is 11.9 Å². The number of ether oxygens (including phenoxy) is 2. The van der Waals surface area contributed by atoms with Crippen molar-refractivity contribution in [2.75, 3.05) is 18.2 Å². The topological polar surface area (TPSA) is 119 Å². The van der Waals surface area contributed by atoms with E-state index in [0.717, 1.165) is 0 Å². The van der Waals surface area contributed by atoms with E-state index < -0.39 is 12.1 Å². The first kappa shape index (κ1) is 15.4. The van der Waals surface area contributed by atoms with Crippen molar-refractivity contribution in [1.29, 1.82) is 5.26 Å². The number of anilines is 2. The quantitative estimate of drug-likeness (QED) is 0.806. The molecule has 1 amide bonds. The number of esters is 1. The van der Waals surface area contributed by atoms with Crippen LogP contribution >= 0.6 is 0 Å². The standard InChI is InChI=1S/C16H14N4O4/c1-8-15(21)19-11-5-10(3-4-12(11)24-8)20-7-9(6-17)13(18)14(20)16(22)23-2/h3-5,7-8H,18H2,1-2H3,(H,19,21). The number of hydrogen-bond donors (Lipinski definition) is 2. The minimum atomic E-state index is -0.666. The van der Waals surface area contributed by atoms with Gasteiger partial charge in [-0.15, -0.1) is 0 Å². The summed E-state index contributed by atoms with van der Waals surface area (Å²) in [5.41, 5.74) is 7.11. The largest absolute Gasteiger partial charge is 0.479 e. The Labute approximate surface area is 137 Å². The molecule has 1 aliphatic heterocycles. The van der Waals surface area contributed by atoms with Crippen LogP contribution in [-0.2, 0) is 9.53 Å². The van der Waals surface area contributed by atoms with E-state index in [9.17, 15) is 9.59 Å². The Balaban J connectivity index is 2.14. The van der Waals surface area contributed by atoms with E-state index in [4.69, 9.17) is 20.5 Å². The maximum atomic E-state index is 12.0. The number of amides is 1. The molecule has 1 aliphatic rings. The number of nitrogens with one attached hydrogen (secondary N) is 1. The summed E-state index contributed by atoms with van der Waals surface area (Å²) in [4.78, 5) is 23.8. The van der Waals surface area contributed by atoms with Crippen LogP contribution in [-0.4, -0.2) is 29.7 Å².